The standard InChI is InChI=1S/C42H42N4O6/c1-21(2)31-27-13-23(5)33(39(49)35(27)29(37(47)41(31)51)19-45-17-25-9-7-11-43-15-25)34-24(6)14-28-32(22(3)4)42(52)38(48)30(36(28)40(34)50)20-46-18-26-10-8-12-44-16-26/h7-16,19-22,47-52H,17-18H2,1-6H3. The SMILES string of the molecule is Cc1cc2c(C(C)C)c(O)c(O)c(C=NCc3cccnc3)c2c(O)c1-c1c(C)cc2c(C(C)C)c(O)c(O)c(C=NCc3cccnc3)c2c1O. The van der Waals surface area contributed by atoms with Gasteiger partial charge in [-0.2, -0.15) is 0 Å². The summed E-state index contributed by atoms with van der Waals surface area (Å²) in [5.41, 5.74) is 4.57. The molecule has 266 valence electrons. The van der Waals surface area contributed by atoms with Crippen LogP contribution in [-0.2, 0) is 13.1 Å². The Morgan fingerprint density at radius 2 is 0.962 bits per heavy atom. The largest absolute Gasteiger partial charge is 0.507 e. The van der Waals surface area contributed by atoms with Crippen molar-refractivity contribution in [3.05, 3.63) is 106 Å². The molecule has 0 amide bonds. The van der Waals surface area contributed by atoms with E-state index in [9.17, 15) is 30.6 Å². The van der Waals surface area contributed by atoms with E-state index in [1.807, 2.05) is 52.0 Å². The van der Waals surface area contributed by atoms with Gasteiger partial charge in [-0.3, -0.25) is 20.0 Å². The lowest BCUT2D eigenvalue weighted by Gasteiger charge is -2.23. The van der Waals surface area contributed by atoms with Crippen molar-refractivity contribution >= 4 is 34.0 Å². The van der Waals surface area contributed by atoms with Crippen molar-refractivity contribution in [2.75, 3.05) is 0 Å². The smallest absolute Gasteiger partial charge is 0.167 e. The molecular weight excluding hydrogens is 656 g/mol. The fourth-order valence-corrected chi connectivity index (χ4v) is 7.09. The summed E-state index contributed by atoms with van der Waals surface area (Å²) in [6, 6.07) is 11.0. The first kappa shape index (κ1) is 35.7. The van der Waals surface area contributed by atoms with Crippen LogP contribution in [0.1, 0.15) is 84.0 Å². The molecule has 0 aliphatic heterocycles. The molecule has 0 bridgehead atoms. The van der Waals surface area contributed by atoms with Crippen molar-refractivity contribution in [3.8, 4) is 45.6 Å². The van der Waals surface area contributed by atoms with E-state index < -0.39 is 11.5 Å². The zero-order valence-corrected chi connectivity index (χ0v) is 30.0. The Labute approximate surface area is 301 Å². The highest BCUT2D eigenvalue weighted by Gasteiger charge is 2.29. The molecule has 0 spiro atoms. The Morgan fingerprint density at radius 3 is 1.29 bits per heavy atom. The van der Waals surface area contributed by atoms with E-state index in [1.165, 1.54) is 12.4 Å². The highest BCUT2D eigenvalue weighted by atomic mass is 16.3. The van der Waals surface area contributed by atoms with Crippen LogP contribution in [0.2, 0.25) is 0 Å². The van der Waals surface area contributed by atoms with Gasteiger partial charge in [0.1, 0.15) is 11.5 Å². The lowest BCUT2D eigenvalue weighted by molar-refractivity contribution is 0.398. The summed E-state index contributed by atoms with van der Waals surface area (Å²) in [5, 5.41) is 71.4. The monoisotopic (exact) mass is 698 g/mol. The molecule has 6 aromatic rings. The molecule has 0 saturated heterocycles. The zero-order chi connectivity index (χ0) is 37.4. The molecular formula is C42H42N4O6. The molecule has 0 aliphatic rings. The molecule has 52 heavy (non-hydrogen) atoms. The van der Waals surface area contributed by atoms with Crippen molar-refractivity contribution in [1.29, 1.82) is 0 Å². The van der Waals surface area contributed by atoms with Gasteiger partial charge in [-0.05, 0) is 70.8 Å². The molecule has 2 heterocycles. The maximum Gasteiger partial charge on any atom is 0.167 e. The molecule has 2 aromatic heterocycles. The van der Waals surface area contributed by atoms with Crippen molar-refractivity contribution in [2.24, 2.45) is 9.98 Å². The minimum Gasteiger partial charge on any atom is -0.507 e. The van der Waals surface area contributed by atoms with E-state index in [2.05, 4.69) is 20.0 Å². The van der Waals surface area contributed by atoms with Gasteiger partial charge in [0.25, 0.3) is 0 Å². The maximum absolute atomic E-state index is 12.3. The summed E-state index contributed by atoms with van der Waals surface area (Å²) in [7, 11) is 0. The van der Waals surface area contributed by atoms with Gasteiger partial charge >= 0.3 is 0 Å². The summed E-state index contributed by atoms with van der Waals surface area (Å²) in [6.07, 6.45) is 9.53. The lowest BCUT2D eigenvalue weighted by atomic mass is 9.83. The molecule has 10 nitrogen and oxygen atoms in total. The van der Waals surface area contributed by atoms with Crippen LogP contribution in [0.5, 0.6) is 34.5 Å². The number of hydrogen-bond donors (Lipinski definition) is 6. The van der Waals surface area contributed by atoms with Crippen molar-refractivity contribution in [3.63, 3.8) is 0 Å². The summed E-state index contributed by atoms with van der Waals surface area (Å²) >= 11 is 0. The van der Waals surface area contributed by atoms with Gasteiger partial charge in [0.15, 0.2) is 23.0 Å². The second-order valence-electron chi connectivity index (χ2n) is 13.7. The normalized spacial score (nSPS) is 12.1. The first-order chi connectivity index (χ1) is 24.8. The number of pyridine rings is 2. The Kier molecular flexibility index (Phi) is 9.75. The molecule has 6 N–H and O–H groups in total. The van der Waals surface area contributed by atoms with Crippen LogP contribution in [0, 0.1) is 13.8 Å². The molecule has 0 fully saturated rings. The number of rotatable bonds is 9. The van der Waals surface area contributed by atoms with Crippen LogP contribution in [0.25, 0.3) is 32.7 Å². The number of hydrogen-bond acceptors (Lipinski definition) is 10. The van der Waals surface area contributed by atoms with Crippen LogP contribution in [0.3, 0.4) is 0 Å². The van der Waals surface area contributed by atoms with E-state index >= 15 is 0 Å². The quantitative estimate of drug-likeness (QED) is 0.0642. The van der Waals surface area contributed by atoms with Crippen LogP contribution in [-0.4, -0.2) is 53.0 Å². The molecule has 0 radical (unpaired) electrons. The average Bonchev–Trinajstić information content (AvgIpc) is 3.10. The Hall–Kier alpha value is -6.16. The third-order valence-electron chi connectivity index (χ3n) is 9.42. The molecule has 0 saturated carbocycles. The number of nitrogens with zero attached hydrogens (tertiary/aromatic N) is 4. The number of aromatic hydroxyl groups is 6. The summed E-state index contributed by atoms with van der Waals surface area (Å²) < 4.78 is 0. The fraction of sp³-hybridized carbons (Fsp3) is 0.238. The van der Waals surface area contributed by atoms with E-state index in [1.54, 1.807) is 50.8 Å². The molecule has 6 rings (SSSR count). The predicted octanol–water partition coefficient (Wildman–Crippen LogP) is 8.79. The minimum atomic E-state index is -0.426. The highest BCUT2D eigenvalue weighted by Crippen LogP contribution is 2.54. The van der Waals surface area contributed by atoms with Crippen molar-refractivity contribution in [1.82, 2.24) is 9.97 Å². The van der Waals surface area contributed by atoms with E-state index in [-0.39, 0.29) is 69.8 Å². The van der Waals surface area contributed by atoms with Crippen LogP contribution in [0.4, 0.5) is 0 Å². The van der Waals surface area contributed by atoms with Gasteiger partial charge < -0.3 is 30.6 Å². The van der Waals surface area contributed by atoms with Gasteiger partial charge in [-0.25, -0.2) is 0 Å². The number of fused-ring (bicyclic) bond motifs is 2. The molecule has 0 unspecified atom stereocenters. The first-order valence-electron chi connectivity index (χ1n) is 17.1. The fourth-order valence-electron chi connectivity index (χ4n) is 7.09. The third-order valence-corrected chi connectivity index (χ3v) is 9.42. The summed E-state index contributed by atoms with van der Waals surface area (Å²) in [6.45, 7) is 11.6. The summed E-state index contributed by atoms with van der Waals surface area (Å²) in [4.78, 5) is 17.3. The van der Waals surface area contributed by atoms with Crippen molar-refractivity contribution < 1.29 is 30.6 Å². The molecule has 0 aliphatic carbocycles. The van der Waals surface area contributed by atoms with Gasteiger partial charge in [-0.15, -0.1) is 0 Å². The second-order valence-corrected chi connectivity index (χ2v) is 13.7. The minimum absolute atomic E-state index is 0.116. The number of phenols is 6. The highest BCUT2D eigenvalue weighted by molar-refractivity contribution is 6.15. The molecule has 10 heteroatoms. The van der Waals surface area contributed by atoms with Gasteiger partial charge in [0, 0.05) is 81.4 Å². The summed E-state index contributed by atoms with van der Waals surface area (Å²) in [5.74, 6) is -2.36. The number of phenolic OH excluding ortho intramolecular Hbond substituents is 6. The van der Waals surface area contributed by atoms with Crippen LogP contribution < -0.4 is 0 Å². The van der Waals surface area contributed by atoms with E-state index in [0.29, 0.717) is 44.2 Å². The average molecular weight is 699 g/mol. The van der Waals surface area contributed by atoms with Gasteiger partial charge in [0.05, 0.1) is 13.1 Å². The lowest BCUT2D eigenvalue weighted by Crippen LogP contribution is -2.01. The molecule has 4 aromatic carbocycles. The number of aryl methyl sites for hydroxylation is 2. The Bertz CT molecular complexity index is 2220. The predicted molar refractivity (Wildman–Crippen MR) is 206 cm³/mol. The van der Waals surface area contributed by atoms with E-state index in [4.69, 9.17) is 0 Å². The van der Waals surface area contributed by atoms with Crippen molar-refractivity contribution in [2.45, 2.75) is 66.5 Å². The van der Waals surface area contributed by atoms with E-state index in [0.717, 1.165) is 11.1 Å². The number of benzene rings is 4. The maximum atomic E-state index is 12.3. The first-order valence-corrected chi connectivity index (χ1v) is 17.1. The van der Waals surface area contributed by atoms with Gasteiger partial charge in [0.2, 0.25) is 0 Å². The van der Waals surface area contributed by atoms with Crippen LogP contribution in [0.15, 0.2) is 71.2 Å². The second kappa shape index (κ2) is 14.2. The number of aromatic nitrogens is 2. The molecule has 0 atom stereocenters. The third kappa shape index (κ3) is 6.21. The van der Waals surface area contributed by atoms with Crippen LogP contribution >= 0.6 is 0 Å². The Balaban J connectivity index is 1.66. The Morgan fingerprint density at radius 1 is 0.577 bits per heavy atom. The zero-order valence-electron chi connectivity index (χ0n) is 30.0. The topological polar surface area (TPSA) is 172 Å². The number of aliphatic imine (C=N–C) groups is 2. The van der Waals surface area contributed by atoms with Gasteiger partial charge in [-0.1, -0.05) is 52.0 Å².